The number of nitrogens with zero attached hydrogens (tertiary/aromatic N) is 2. The number of ketones is 1. The van der Waals surface area contributed by atoms with Crippen molar-refractivity contribution in [1.29, 1.82) is 0 Å². The van der Waals surface area contributed by atoms with Crippen molar-refractivity contribution in [3.05, 3.63) is 56.7 Å². The van der Waals surface area contributed by atoms with E-state index in [9.17, 15) is 14.7 Å². The Morgan fingerprint density at radius 3 is 2.60 bits per heavy atom. The van der Waals surface area contributed by atoms with Crippen LogP contribution in [0.2, 0.25) is 0 Å². The molecule has 0 fully saturated rings. The first kappa shape index (κ1) is 22.0. The van der Waals surface area contributed by atoms with Gasteiger partial charge in [-0.25, -0.2) is 4.98 Å². The fourth-order valence-electron chi connectivity index (χ4n) is 3.56. The number of thiazole rings is 1. The largest absolute Gasteiger partial charge is 0.503 e. The van der Waals surface area contributed by atoms with Crippen LogP contribution >= 0.6 is 11.3 Å². The van der Waals surface area contributed by atoms with Gasteiger partial charge in [0.15, 0.2) is 5.76 Å². The van der Waals surface area contributed by atoms with Gasteiger partial charge in [-0.15, -0.1) is 11.3 Å². The molecule has 8 heteroatoms. The number of hydrogen-bond donors (Lipinski definition) is 1. The molecule has 0 saturated carbocycles. The predicted octanol–water partition coefficient (Wildman–Crippen LogP) is 3.77. The van der Waals surface area contributed by atoms with Crippen LogP contribution in [-0.2, 0) is 9.53 Å². The average molecular weight is 431 g/mol. The Kier molecular flexibility index (Phi) is 6.58. The van der Waals surface area contributed by atoms with Crippen molar-refractivity contribution in [3.8, 4) is 5.75 Å². The number of methoxy groups -OCH3 is 1. The highest BCUT2D eigenvalue weighted by Crippen LogP contribution is 2.43. The Labute approximate surface area is 180 Å². The minimum Gasteiger partial charge on any atom is -0.503 e. The molecule has 1 aliphatic heterocycles. The number of amides is 1. The Hall–Kier alpha value is -2.71. The molecule has 160 valence electrons. The van der Waals surface area contributed by atoms with Gasteiger partial charge in [-0.1, -0.05) is 18.2 Å². The molecule has 0 aliphatic carbocycles. The number of ether oxygens (including phenoxy) is 2. The van der Waals surface area contributed by atoms with Crippen LogP contribution in [0, 0.1) is 13.8 Å². The number of rotatable bonds is 8. The zero-order valence-corrected chi connectivity index (χ0v) is 18.6. The summed E-state index contributed by atoms with van der Waals surface area (Å²) in [5, 5.41) is 11.5. The van der Waals surface area contributed by atoms with Crippen molar-refractivity contribution in [1.82, 2.24) is 9.88 Å². The molecule has 0 radical (unpaired) electrons. The molecule has 30 heavy (non-hydrogen) atoms. The average Bonchev–Trinajstić information content (AvgIpc) is 3.16. The number of Topliss-reactive ketones (excluding diaryl/α,β-unsaturated/α-hetero) is 1. The molecule has 0 saturated heterocycles. The highest BCUT2D eigenvalue weighted by atomic mass is 32.1. The minimum absolute atomic E-state index is 0.0441. The minimum atomic E-state index is -0.781. The fourth-order valence-corrected chi connectivity index (χ4v) is 4.44. The maximum absolute atomic E-state index is 13.5. The number of aromatic nitrogens is 1. The summed E-state index contributed by atoms with van der Waals surface area (Å²) < 4.78 is 11.1. The Balaban J connectivity index is 2.15. The van der Waals surface area contributed by atoms with E-state index in [1.54, 1.807) is 13.0 Å². The lowest BCUT2D eigenvalue weighted by Crippen LogP contribution is -2.34. The fraction of sp³-hybridized carbons (Fsp3) is 0.409. The van der Waals surface area contributed by atoms with Crippen molar-refractivity contribution >= 4 is 23.0 Å². The summed E-state index contributed by atoms with van der Waals surface area (Å²) in [6, 6.07) is 6.48. The van der Waals surface area contributed by atoms with Gasteiger partial charge in [-0.05, 0) is 33.8 Å². The van der Waals surface area contributed by atoms with Crippen LogP contribution in [0.5, 0.6) is 5.75 Å². The molecule has 1 N–H and O–H groups in total. The number of aryl methyl sites for hydroxylation is 2. The van der Waals surface area contributed by atoms with Crippen molar-refractivity contribution in [2.45, 2.75) is 39.8 Å². The molecule has 0 bridgehead atoms. The van der Waals surface area contributed by atoms with E-state index in [0.29, 0.717) is 21.9 Å². The van der Waals surface area contributed by atoms with Gasteiger partial charge >= 0.3 is 0 Å². The third-order valence-electron chi connectivity index (χ3n) is 4.77. The molecule has 1 unspecified atom stereocenters. The summed E-state index contributed by atoms with van der Waals surface area (Å²) in [5.74, 6) is -0.970. The van der Waals surface area contributed by atoms with E-state index in [2.05, 4.69) is 4.98 Å². The van der Waals surface area contributed by atoms with Crippen LogP contribution in [0.3, 0.4) is 0 Å². The van der Waals surface area contributed by atoms with Gasteiger partial charge in [0.2, 0.25) is 5.78 Å². The van der Waals surface area contributed by atoms with Crippen molar-refractivity contribution in [2.75, 3.05) is 20.3 Å². The predicted molar refractivity (Wildman–Crippen MR) is 114 cm³/mol. The monoisotopic (exact) mass is 430 g/mol. The molecule has 0 spiro atoms. The SMILES string of the molecule is COCCN1C(=O)C(O)=C(C(=O)c2sc(C)nc2C)C1c1ccccc1OC(C)C. The number of para-hydroxylation sites is 1. The number of aliphatic hydroxyl groups excluding tert-OH is 1. The molecule has 1 aliphatic rings. The van der Waals surface area contributed by atoms with Crippen LogP contribution in [0.25, 0.3) is 0 Å². The van der Waals surface area contributed by atoms with Gasteiger partial charge in [0.1, 0.15) is 5.75 Å². The molecule has 1 aromatic carbocycles. The maximum Gasteiger partial charge on any atom is 0.290 e. The Bertz CT molecular complexity index is 995. The highest BCUT2D eigenvalue weighted by molar-refractivity contribution is 7.14. The highest BCUT2D eigenvalue weighted by Gasteiger charge is 2.45. The molecular formula is C22H26N2O5S. The first-order valence-electron chi connectivity index (χ1n) is 9.73. The van der Waals surface area contributed by atoms with Gasteiger partial charge < -0.3 is 19.5 Å². The Morgan fingerprint density at radius 2 is 2.00 bits per heavy atom. The van der Waals surface area contributed by atoms with Crippen molar-refractivity contribution < 1.29 is 24.2 Å². The lowest BCUT2D eigenvalue weighted by molar-refractivity contribution is -0.130. The topological polar surface area (TPSA) is 89.0 Å². The van der Waals surface area contributed by atoms with Gasteiger partial charge in [0, 0.05) is 19.2 Å². The Morgan fingerprint density at radius 1 is 1.30 bits per heavy atom. The quantitative estimate of drug-likeness (QED) is 0.642. The van der Waals surface area contributed by atoms with Gasteiger partial charge in [0.05, 0.1) is 39.9 Å². The zero-order chi connectivity index (χ0) is 22.0. The van der Waals surface area contributed by atoms with Crippen LogP contribution in [0.15, 0.2) is 35.6 Å². The van der Waals surface area contributed by atoms with E-state index in [0.717, 1.165) is 5.01 Å². The zero-order valence-electron chi connectivity index (χ0n) is 17.8. The van der Waals surface area contributed by atoms with Gasteiger partial charge in [-0.3, -0.25) is 9.59 Å². The van der Waals surface area contributed by atoms with E-state index < -0.39 is 23.5 Å². The third-order valence-corrected chi connectivity index (χ3v) is 5.84. The molecule has 2 aromatic rings. The van der Waals surface area contributed by atoms with Gasteiger partial charge in [-0.2, -0.15) is 0 Å². The molecule has 1 amide bonds. The van der Waals surface area contributed by atoms with Gasteiger partial charge in [0.25, 0.3) is 5.91 Å². The van der Waals surface area contributed by atoms with E-state index in [1.807, 2.05) is 39.0 Å². The molecule has 7 nitrogen and oxygen atoms in total. The van der Waals surface area contributed by atoms with Crippen molar-refractivity contribution in [2.24, 2.45) is 0 Å². The van der Waals surface area contributed by atoms with Crippen LogP contribution < -0.4 is 4.74 Å². The summed E-state index contributed by atoms with van der Waals surface area (Å²) in [7, 11) is 1.54. The molecular weight excluding hydrogens is 404 g/mol. The molecule has 2 heterocycles. The van der Waals surface area contributed by atoms with Crippen LogP contribution in [0.1, 0.15) is 45.8 Å². The molecule has 1 aromatic heterocycles. The summed E-state index contributed by atoms with van der Waals surface area (Å²) in [4.78, 5) is 32.6. The summed E-state index contributed by atoms with van der Waals surface area (Å²) in [6.45, 7) is 7.86. The van der Waals surface area contributed by atoms with Crippen molar-refractivity contribution in [3.63, 3.8) is 0 Å². The first-order valence-corrected chi connectivity index (χ1v) is 10.5. The third kappa shape index (κ3) is 4.11. The van der Waals surface area contributed by atoms with E-state index in [1.165, 1.54) is 23.3 Å². The number of benzene rings is 1. The first-order chi connectivity index (χ1) is 14.3. The van der Waals surface area contributed by atoms with E-state index >= 15 is 0 Å². The lowest BCUT2D eigenvalue weighted by Gasteiger charge is -2.28. The second kappa shape index (κ2) is 8.97. The van der Waals surface area contributed by atoms with E-state index in [-0.39, 0.29) is 24.8 Å². The summed E-state index contributed by atoms with van der Waals surface area (Å²) >= 11 is 1.25. The number of carbonyl (C=O) groups excluding carboxylic acids is 2. The normalized spacial score (nSPS) is 16.7. The summed E-state index contributed by atoms with van der Waals surface area (Å²) in [6.07, 6.45) is -0.0983. The van der Waals surface area contributed by atoms with E-state index in [4.69, 9.17) is 9.47 Å². The smallest absolute Gasteiger partial charge is 0.290 e. The van der Waals surface area contributed by atoms with Crippen LogP contribution in [-0.4, -0.2) is 53.0 Å². The standard InChI is InChI=1S/C22H26N2O5S/c1-12(2)29-16-9-7-6-8-15(16)18-17(19(25)21-13(3)23-14(4)30-21)20(26)22(27)24(18)10-11-28-5/h6-9,12,18,26H,10-11H2,1-5H3. The second-order valence-corrected chi connectivity index (χ2v) is 8.54. The van der Waals surface area contributed by atoms with Crippen LogP contribution in [0.4, 0.5) is 0 Å². The molecule has 1 atom stereocenters. The number of hydrogen-bond acceptors (Lipinski definition) is 7. The number of carbonyl (C=O) groups is 2. The lowest BCUT2D eigenvalue weighted by atomic mass is 9.94. The summed E-state index contributed by atoms with van der Waals surface area (Å²) in [5.41, 5.74) is 1.26. The molecule has 3 rings (SSSR count). The number of aliphatic hydroxyl groups is 1. The maximum atomic E-state index is 13.5. The second-order valence-electron chi connectivity index (χ2n) is 7.34.